The summed E-state index contributed by atoms with van der Waals surface area (Å²) in [6.07, 6.45) is 8.36. The van der Waals surface area contributed by atoms with Crippen molar-refractivity contribution in [2.24, 2.45) is 63.5 Å². The SMILES string of the molecule is C[C@H](CCCO)[C@H]1CC[C@H]2C3[C@H](NC(=O)CN)CC4C[C@H](NC(=O)CN)CC[C@]4(C)[C@H]3C[C@H](NC(=O)CN)C12C. The summed E-state index contributed by atoms with van der Waals surface area (Å²) in [6.45, 7) is 7.19. The zero-order chi connectivity index (χ0) is 29.2. The normalized spacial score (nSPS) is 41.2. The number of nitrogens with one attached hydrogen (secondary N) is 3. The number of nitrogens with two attached hydrogens (primary N) is 3. The highest BCUT2D eigenvalue weighted by atomic mass is 16.3. The van der Waals surface area contributed by atoms with Crippen molar-refractivity contribution in [1.29, 1.82) is 0 Å². The van der Waals surface area contributed by atoms with E-state index < -0.39 is 0 Å². The van der Waals surface area contributed by atoms with Crippen molar-refractivity contribution < 1.29 is 19.5 Å². The fourth-order valence-electron chi connectivity index (χ4n) is 10.2. The van der Waals surface area contributed by atoms with E-state index in [1.54, 1.807) is 0 Å². The van der Waals surface area contributed by atoms with Crippen LogP contribution in [0, 0.1) is 46.3 Å². The predicted octanol–water partition coefficient (Wildman–Crippen LogP) is 0.604. The second kappa shape index (κ2) is 12.6. The van der Waals surface area contributed by atoms with Crippen LogP contribution in [0.5, 0.6) is 0 Å². The number of carbonyl (C=O) groups excluding carboxylic acids is 3. The van der Waals surface area contributed by atoms with E-state index in [-0.39, 0.29) is 78.8 Å². The van der Waals surface area contributed by atoms with Gasteiger partial charge in [-0.05, 0) is 104 Å². The Morgan fingerprint density at radius 3 is 2.17 bits per heavy atom. The van der Waals surface area contributed by atoms with Gasteiger partial charge in [-0.25, -0.2) is 0 Å². The summed E-state index contributed by atoms with van der Waals surface area (Å²) in [6, 6.07) is 0.0846. The molecule has 40 heavy (non-hydrogen) atoms. The summed E-state index contributed by atoms with van der Waals surface area (Å²) >= 11 is 0. The molecule has 10 nitrogen and oxygen atoms in total. The summed E-state index contributed by atoms with van der Waals surface area (Å²) in [7, 11) is 0. The standard InChI is InChI=1S/C30H54N6O4/c1-17(5-4-10-37)20-6-7-21-28-22(13-24(30(20,21)3)36-27(40)16-33)29(2)9-8-19(34-25(38)14-31)11-18(29)12-23(28)35-26(39)15-32/h17-24,28,37H,4-16,31-33H2,1-3H3,(H,34,38)(H,35,39)(H,36,40)/t17-,18?,19-,20-,21+,22+,23-,24+,28?,29+,30?/m1/s1. The molecule has 0 saturated heterocycles. The molecule has 0 spiro atoms. The van der Waals surface area contributed by atoms with E-state index in [1.165, 1.54) is 0 Å². The summed E-state index contributed by atoms with van der Waals surface area (Å²) in [5.41, 5.74) is 17.1. The van der Waals surface area contributed by atoms with Gasteiger partial charge >= 0.3 is 0 Å². The average molecular weight is 563 g/mol. The molecular weight excluding hydrogens is 508 g/mol. The molecule has 4 fully saturated rings. The van der Waals surface area contributed by atoms with Gasteiger partial charge in [-0.3, -0.25) is 14.4 Å². The molecule has 228 valence electrons. The van der Waals surface area contributed by atoms with Crippen molar-refractivity contribution in [1.82, 2.24) is 16.0 Å². The molecule has 10 heteroatoms. The van der Waals surface area contributed by atoms with Crippen molar-refractivity contribution >= 4 is 17.7 Å². The lowest BCUT2D eigenvalue weighted by molar-refractivity contribution is -0.153. The third-order valence-electron chi connectivity index (χ3n) is 12.0. The first-order valence-corrected chi connectivity index (χ1v) is 15.6. The van der Waals surface area contributed by atoms with Crippen LogP contribution in [0.1, 0.15) is 78.6 Å². The Kier molecular flexibility index (Phi) is 9.85. The Hall–Kier alpha value is -1.75. The van der Waals surface area contributed by atoms with Gasteiger partial charge in [-0.1, -0.05) is 20.8 Å². The molecule has 0 aromatic heterocycles. The van der Waals surface area contributed by atoms with Gasteiger partial charge in [-0.2, -0.15) is 0 Å². The Balaban J connectivity index is 1.72. The van der Waals surface area contributed by atoms with E-state index in [0.717, 1.165) is 57.8 Å². The van der Waals surface area contributed by atoms with Gasteiger partial charge in [0.1, 0.15) is 0 Å². The Morgan fingerprint density at radius 2 is 1.52 bits per heavy atom. The zero-order valence-corrected chi connectivity index (χ0v) is 24.8. The lowest BCUT2D eigenvalue weighted by Crippen LogP contribution is -2.68. The van der Waals surface area contributed by atoms with Crippen LogP contribution < -0.4 is 33.2 Å². The lowest BCUT2D eigenvalue weighted by atomic mass is 9.42. The molecule has 3 amide bonds. The van der Waals surface area contributed by atoms with Crippen molar-refractivity contribution in [3.05, 3.63) is 0 Å². The minimum Gasteiger partial charge on any atom is -0.396 e. The average Bonchev–Trinajstić information content (AvgIpc) is 3.30. The summed E-state index contributed by atoms with van der Waals surface area (Å²) in [4.78, 5) is 37.7. The van der Waals surface area contributed by atoms with Crippen LogP contribution in [0.3, 0.4) is 0 Å². The van der Waals surface area contributed by atoms with E-state index >= 15 is 0 Å². The van der Waals surface area contributed by atoms with Gasteiger partial charge in [-0.15, -0.1) is 0 Å². The van der Waals surface area contributed by atoms with Crippen molar-refractivity contribution in [3.8, 4) is 0 Å². The van der Waals surface area contributed by atoms with E-state index in [1.807, 2.05) is 0 Å². The smallest absolute Gasteiger partial charge is 0.233 e. The van der Waals surface area contributed by atoms with Crippen molar-refractivity contribution in [2.75, 3.05) is 26.2 Å². The Bertz CT molecular complexity index is 934. The molecule has 0 bridgehead atoms. The molecule has 4 aliphatic carbocycles. The maximum absolute atomic E-state index is 12.8. The largest absolute Gasteiger partial charge is 0.396 e. The van der Waals surface area contributed by atoms with Crippen LogP contribution in [-0.2, 0) is 14.4 Å². The number of rotatable bonds is 10. The number of carbonyl (C=O) groups is 3. The van der Waals surface area contributed by atoms with Crippen LogP contribution in [-0.4, -0.2) is 67.2 Å². The Morgan fingerprint density at radius 1 is 0.875 bits per heavy atom. The van der Waals surface area contributed by atoms with Crippen LogP contribution in [0.15, 0.2) is 0 Å². The number of hydrogen-bond donors (Lipinski definition) is 7. The highest BCUT2D eigenvalue weighted by Crippen LogP contribution is 2.68. The number of aliphatic hydroxyl groups excluding tert-OH is 1. The van der Waals surface area contributed by atoms with Gasteiger partial charge < -0.3 is 38.3 Å². The third kappa shape index (κ3) is 5.65. The quantitative estimate of drug-likeness (QED) is 0.203. The Labute approximate surface area is 239 Å². The number of amides is 3. The summed E-state index contributed by atoms with van der Waals surface area (Å²) < 4.78 is 0. The zero-order valence-electron chi connectivity index (χ0n) is 24.8. The number of fused-ring (bicyclic) bond motifs is 5. The molecule has 0 aromatic rings. The fraction of sp³-hybridized carbons (Fsp3) is 0.900. The van der Waals surface area contributed by atoms with Gasteiger partial charge in [0.2, 0.25) is 17.7 Å². The predicted molar refractivity (Wildman–Crippen MR) is 154 cm³/mol. The molecule has 0 radical (unpaired) electrons. The molecule has 11 atom stereocenters. The monoisotopic (exact) mass is 562 g/mol. The first-order chi connectivity index (χ1) is 19.0. The number of aliphatic hydroxyl groups is 1. The van der Waals surface area contributed by atoms with Gasteiger partial charge in [0.15, 0.2) is 0 Å². The molecule has 4 rings (SSSR count). The van der Waals surface area contributed by atoms with Crippen LogP contribution in [0.4, 0.5) is 0 Å². The second-order valence-electron chi connectivity index (χ2n) is 13.8. The summed E-state index contributed by atoms with van der Waals surface area (Å²) in [5.74, 6) is 1.73. The molecule has 10 N–H and O–H groups in total. The molecular formula is C30H54N6O4. The maximum atomic E-state index is 12.8. The third-order valence-corrected chi connectivity index (χ3v) is 12.0. The second-order valence-corrected chi connectivity index (χ2v) is 13.8. The lowest BCUT2D eigenvalue weighted by Gasteiger charge is -2.65. The molecule has 0 aliphatic heterocycles. The van der Waals surface area contributed by atoms with E-state index in [0.29, 0.717) is 29.6 Å². The minimum atomic E-state index is -0.137. The van der Waals surface area contributed by atoms with E-state index in [2.05, 4.69) is 36.7 Å². The molecule has 0 heterocycles. The van der Waals surface area contributed by atoms with Crippen LogP contribution in [0.25, 0.3) is 0 Å². The fourth-order valence-corrected chi connectivity index (χ4v) is 10.2. The van der Waals surface area contributed by atoms with E-state index in [4.69, 9.17) is 17.2 Å². The van der Waals surface area contributed by atoms with Crippen LogP contribution >= 0.6 is 0 Å². The van der Waals surface area contributed by atoms with Gasteiger partial charge in [0, 0.05) is 24.7 Å². The van der Waals surface area contributed by atoms with Gasteiger partial charge in [0.05, 0.1) is 19.6 Å². The highest BCUT2D eigenvalue weighted by Gasteiger charge is 2.66. The number of hydrogen-bond acceptors (Lipinski definition) is 7. The molecule has 4 aliphatic rings. The first-order valence-electron chi connectivity index (χ1n) is 15.6. The highest BCUT2D eigenvalue weighted by molar-refractivity contribution is 5.79. The van der Waals surface area contributed by atoms with Gasteiger partial charge in [0.25, 0.3) is 0 Å². The summed E-state index contributed by atoms with van der Waals surface area (Å²) in [5, 5.41) is 19.4. The molecule has 3 unspecified atom stereocenters. The first kappa shape index (κ1) is 31.2. The molecule has 0 aromatic carbocycles. The molecule has 4 saturated carbocycles. The topological polar surface area (TPSA) is 186 Å². The van der Waals surface area contributed by atoms with E-state index in [9.17, 15) is 19.5 Å². The van der Waals surface area contributed by atoms with Crippen molar-refractivity contribution in [3.63, 3.8) is 0 Å². The minimum absolute atomic E-state index is 0.00465. The van der Waals surface area contributed by atoms with Crippen molar-refractivity contribution in [2.45, 2.75) is 96.7 Å². The van der Waals surface area contributed by atoms with Crippen LogP contribution in [0.2, 0.25) is 0 Å². The maximum Gasteiger partial charge on any atom is 0.233 e.